The van der Waals surface area contributed by atoms with E-state index in [0.717, 1.165) is 0 Å². The second-order valence-corrected chi connectivity index (χ2v) is 8.77. The van der Waals surface area contributed by atoms with Gasteiger partial charge in [-0.3, -0.25) is 14.8 Å². The summed E-state index contributed by atoms with van der Waals surface area (Å²) in [6, 6.07) is 6.40. The summed E-state index contributed by atoms with van der Waals surface area (Å²) >= 11 is 0. The Morgan fingerprint density at radius 2 is 2.00 bits per heavy atom. The normalized spacial score (nSPS) is 15.9. The van der Waals surface area contributed by atoms with Crippen molar-refractivity contribution in [3.05, 3.63) is 42.4 Å². The highest BCUT2D eigenvalue weighted by molar-refractivity contribution is 6.01. The molecule has 0 atom stereocenters. The van der Waals surface area contributed by atoms with Crippen LogP contribution in [0.5, 0.6) is 5.75 Å². The first-order valence-electron chi connectivity index (χ1n) is 12.0. The van der Waals surface area contributed by atoms with Gasteiger partial charge in [0, 0.05) is 48.9 Å². The molecule has 3 N–H and O–H groups in total. The minimum Gasteiger partial charge on any atom is -0.494 e. The Labute approximate surface area is 201 Å². The van der Waals surface area contributed by atoms with E-state index in [1.165, 1.54) is 19.4 Å². The number of pyridine rings is 1. The van der Waals surface area contributed by atoms with E-state index in [4.69, 9.17) is 8.85 Å². The van der Waals surface area contributed by atoms with Crippen LogP contribution in [0.1, 0.15) is 28.3 Å². The van der Waals surface area contributed by atoms with Gasteiger partial charge in [0.15, 0.2) is 11.6 Å². The molecule has 3 amide bonds. The molecule has 11 nitrogen and oxygen atoms in total. The van der Waals surface area contributed by atoms with Crippen molar-refractivity contribution < 1.29 is 18.4 Å². The number of ether oxygens (including phenoxy) is 1. The molecular weight excluding hydrogens is 436 g/mol. The van der Waals surface area contributed by atoms with Crippen LogP contribution in [0.25, 0.3) is 11.4 Å². The maximum absolute atomic E-state index is 12.8. The molecular formula is C23H28N8O3. The average Bonchev–Trinajstić information content (AvgIpc) is 3.22. The molecule has 34 heavy (non-hydrogen) atoms. The number of carbonyl (C=O) groups excluding carboxylic acids is 2. The van der Waals surface area contributed by atoms with Crippen molar-refractivity contribution in [1.82, 2.24) is 30.0 Å². The highest BCUT2D eigenvalue weighted by Crippen LogP contribution is 2.37. The number of amides is 3. The van der Waals surface area contributed by atoms with Gasteiger partial charge in [-0.2, -0.15) is 5.10 Å². The molecule has 3 aromatic rings. The first-order chi connectivity index (χ1) is 17.3. The predicted octanol–water partition coefficient (Wildman–Crippen LogP) is 2.86. The van der Waals surface area contributed by atoms with Gasteiger partial charge in [-0.05, 0) is 12.1 Å². The van der Waals surface area contributed by atoms with Gasteiger partial charge in [-0.1, -0.05) is 19.9 Å². The van der Waals surface area contributed by atoms with Crippen molar-refractivity contribution in [2.45, 2.75) is 13.8 Å². The van der Waals surface area contributed by atoms with E-state index in [9.17, 15) is 9.59 Å². The Kier molecular flexibility index (Phi) is 5.12. The number of aromatic nitrogens is 4. The molecule has 1 aromatic carbocycles. The molecule has 1 fully saturated rings. The first kappa shape index (κ1) is 19.3. The molecule has 3 heterocycles. The molecule has 1 aliphatic heterocycles. The second-order valence-electron chi connectivity index (χ2n) is 8.77. The third-order valence-electron chi connectivity index (χ3n) is 5.35. The van der Waals surface area contributed by atoms with Crippen LogP contribution in [0.2, 0.25) is 0 Å². The summed E-state index contributed by atoms with van der Waals surface area (Å²) in [6.07, 6.45) is 2.76. The van der Waals surface area contributed by atoms with Crippen LogP contribution < -0.4 is 20.7 Å². The van der Waals surface area contributed by atoms with Gasteiger partial charge in [0.05, 0.1) is 29.6 Å². The van der Waals surface area contributed by atoms with E-state index >= 15 is 0 Å². The topological polar surface area (TPSA) is 126 Å². The summed E-state index contributed by atoms with van der Waals surface area (Å²) in [5.74, 6) is 0.160. The number of benzene rings is 1. The minimum atomic E-state index is -2.70. The fourth-order valence-electron chi connectivity index (χ4n) is 3.83. The minimum absolute atomic E-state index is 0.0392. The van der Waals surface area contributed by atoms with Crippen molar-refractivity contribution >= 4 is 29.1 Å². The number of para-hydroxylation sites is 1. The van der Waals surface area contributed by atoms with Gasteiger partial charge in [0.2, 0.25) is 0 Å². The van der Waals surface area contributed by atoms with Gasteiger partial charge < -0.3 is 20.3 Å². The first-order valence-corrected chi connectivity index (χ1v) is 10.5. The summed E-state index contributed by atoms with van der Waals surface area (Å²) in [5, 5.41) is 12.1. The van der Waals surface area contributed by atoms with Crippen LogP contribution in [0.4, 0.5) is 22.0 Å². The second kappa shape index (κ2) is 9.00. The molecule has 4 rings (SSSR count). The van der Waals surface area contributed by atoms with E-state index in [1.807, 2.05) is 5.32 Å². The molecule has 0 radical (unpaired) electrons. The number of rotatable bonds is 6. The summed E-state index contributed by atoms with van der Waals surface area (Å²) in [5.41, 5.74) is 1.29. The largest absolute Gasteiger partial charge is 0.494 e. The zero-order valence-electron chi connectivity index (χ0n) is 22.3. The number of hydrogen-bond acceptors (Lipinski definition) is 7. The predicted molar refractivity (Wildman–Crippen MR) is 128 cm³/mol. The van der Waals surface area contributed by atoms with E-state index in [2.05, 4.69) is 39.5 Å². The van der Waals surface area contributed by atoms with Crippen LogP contribution in [0.3, 0.4) is 0 Å². The Morgan fingerprint density at radius 3 is 2.65 bits per heavy atom. The van der Waals surface area contributed by atoms with Crippen LogP contribution in [-0.2, 0) is 7.05 Å². The maximum Gasteiger partial charge on any atom is 0.323 e. The van der Waals surface area contributed by atoms with Crippen molar-refractivity contribution in [3.63, 3.8) is 0 Å². The maximum atomic E-state index is 12.8. The lowest BCUT2D eigenvalue weighted by Gasteiger charge is -2.45. The monoisotopic (exact) mass is 467 g/mol. The van der Waals surface area contributed by atoms with Crippen molar-refractivity contribution in [1.29, 1.82) is 0 Å². The van der Waals surface area contributed by atoms with Gasteiger partial charge in [0.1, 0.15) is 12.1 Å². The highest BCUT2D eigenvalue weighted by atomic mass is 16.5. The number of anilines is 3. The van der Waals surface area contributed by atoms with Gasteiger partial charge in [-0.25, -0.2) is 14.8 Å². The van der Waals surface area contributed by atoms with Crippen molar-refractivity contribution in [2.24, 2.45) is 12.5 Å². The van der Waals surface area contributed by atoms with Crippen LogP contribution >= 0.6 is 0 Å². The lowest BCUT2D eigenvalue weighted by molar-refractivity contribution is 0.0687. The van der Waals surface area contributed by atoms with E-state index < -0.39 is 12.9 Å². The fraction of sp³-hybridized carbons (Fsp3) is 0.348. The number of methoxy groups -OCH3 is 1. The zero-order valence-corrected chi connectivity index (χ0v) is 19.3. The summed E-state index contributed by atoms with van der Waals surface area (Å²) in [6.45, 7) is 2.64. The number of likely N-dealkylation sites (tertiary alicyclic amines) is 1. The van der Waals surface area contributed by atoms with Gasteiger partial charge in [-0.15, -0.1) is 0 Å². The third-order valence-corrected chi connectivity index (χ3v) is 5.35. The molecule has 11 heteroatoms. The molecule has 1 aliphatic rings. The number of carbonyl (C=O) groups is 2. The van der Waals surface area contributed by atoms with Crippen molar-refractivity contribution in [2.75, 3.05) is 37.8 Å². The molecule has 0 spiro atoms. The average molecular weight is 468 g/mol. The van der Waals surface area contributed by atoms with Gasteiger partial charge in [0.25, 0.3) is 5.91 Å². The summed E-state index contributed by atoms with van der Waals surface area (Å²) < 4.78 is 29.4. The zero-order chi connectivity index (χ0) is 27.0. The number of hydrogen-bond donors (Lipinski definition) is 3. The summed E-state index contributed by atoms with van der Waals surface area (Å²) in [7, 11) is 3.23. The number of urea groups is 1. The molecule has 0 saturated carbocycles. The van der Waals surface area contributed by atoms with Crippen LogP contribution in [0.15, 0.2) is 36.8 Å². The lowest BCUT2D eigenvalue weighted by atomic mass is 9.85. The quantitative estimate of drug-likeness (QED) is 0.509. The van der Waals surface area contributed by atoms with Crippen LogP contribution in [-0.4, -0.2) is 63.8 Å². The number of nitrogens with zero attached hydrogens (tertiary/aromatic N) is 5. The summed E-state index contributed by atoms with van der Waals surface area (Å²) in [4.78, 5) is 35.5. The number of nitrogens with one attached hydrogen (secondary N) is 3. The van der Waals surface area contributed by atoms with Crippen molar-refractivity contribution in [3.8, 4) is 17.1 Å². The SMILES string of the molecule is [2H]C([2H])([2H])NC(=O)c1cnc(NC(=O)N2CC(C)(C)C2)cc1Nc1cccc(-c2ncn(C)n2)c1OC. The molecule has 2 aromatic heterocycles. The molecule has 1 saturated heterocycles. The van der Waals surface area contributed by atoms with Gasteiger partial charge >= 0.3 is 6.03 Å². The van der Waals surface area contributed by atoms with E-state index in [-0.39, 0.29) is 28.5 Å². The lowest BCUT2D eigenvalue weighted by Crippen LogP contribution is -2.56. The standard InChI is InChI=1S/C23H28N8O3/c1-23(2)11-31(12-23)22(33)28-18-9-17(15(10-25-18)21(32)24-3)27-16-8-6-7-14(19(16)34-5)20-26-13-30(4)29-20/h6-10,13H,11-12H2,1-5H3,(H,24,32)(H2,25,27,28,33)/i3D3. The Hall–Kier alpha value is -4.15. The molecule has 0 aliphatic carbocycles. The Bertz CT molecular complexity index is 1330. The Morgan fingerprint density at radius 1 is 1.21 bits per heavy atom. The molecule has 0 bridgehead atoms. The number of aryl methyl sites for hydroxylation is 1. The van der Waals surface area contributed by atoms with E-state index in [1.54, 1.807) is 41.2 Å². The smallest absolute Gasteiger partial charge is 0.323 e. The molecule has 0 unspecified atom stereocenters. The third kappa shape index (κ3) is 4.63. The Balaban J connectivity index is 1.68. The molecule has 178 valence electrons. The fourth-order valence-corrected chi connectivity index (χ4v) is 3.83. The highest BCUT2D eigenvalue weighted by Gasteiger charge is 2.37. The van der Waals surface area contributed by atoms with Crippen LogP contribution in [0, 0.1) is 5.41 Å². The van der Waals surface area contributed by atoms with E-state index in [0.29, 0.717) is 35.9 Å².